The third kappa shape index (κ3) is 2.73. The van der Waals surface area contributed by atoms with Crippen LogP contribution in [0.3, 0.4) is 0 Å². The second kappa shape index (κ2) is 5.36. The lowest BCUT2D eigenvalue weighted by Crippen LogP contribution is -2.18. The molecule has 0 aliphatic carbocycles. The van der Waals surface area contributed by atoms with Crippen molar-refractivity contribution in [1.82, 2.24) is 20.0 Å². The third-order valence-electron chi connectivity index (χ3n) is 2.83. The zero-order chi connectivity index (χ0) is 14.0. The van der Waals surface area contributed by atoms with Crippen LogP contribution in [0.25, 0.3) is 11.3 Å². The first-order valence-corrected chi connectivity index (χ1v) is 6.19. The van der Waals surface area contributed by atoms with Gasteiger partial charge in [0.25, 0.3) is 0 Å². The van der Waals surface area contributed by atoms with E-state index < -0.39 is 12.0 Å². The average Bonchev–Trinajstić information content (AvgIpc) is 2.78. The summed E-state index contributed by atoms with van der Waals surface area (Å²) in [4.78, 5) is 15.2. The topological polar surface area (TPSA) is 80.9 Å². The van der Waals surface area contributed by atoms with E-state index in [4.69, 9.17) is 16.7 Å². The molecule has 100 valence electrons. The van der Waals surface area contributed by atoms with Crippen LogP contribution in [0.15, 0.2) is 18.3 Å². The molecule has 6 nitrogen and oxygen atoms in total. The van der Waals surface area contributed by atoms with Gasteiger partial charge in [0.15, 0.2) is 6.04 Å². The second-order valence-corrected chi connectivity index (χ2v) is 4.50. The fourth-order valence-electron chi connectivity index (χ4n) is 1.83. The van der Waals surface area contributed by atoms with E-state index in [1.54, 1.807) is 25.3 Å². The molecule has 0 fully saturated rings. The van der Waals surface area contributed by atoms with Crippen LogP contribution < -0.4 is 0 Å². The Morgan fingerprint density at radius 1 is 1.53 bits per heavy atom. The van der Waals surface area contributed by atoms with E-state index in [1.807, 2.05) is 6.92 Å². The summed E-state index contributed by atoms with van der Waals surface area (Å²) in [6.07, 6.45) is 2.05. The summed E-state index contributed by atoms with van der Waals surface area (Å²) in [5.41, 5.74) is 2.10. The highest BCUT2D eigenvalue weighted by Gasteiger charge is 2.19. The molecule has 0 bridgehead atoms. The molecule has 19 heavy (non-hydrogen) atoms. The lowest BCUT2D eigenvalue weighted by Gasteiger charge is -2.08. The van der Waals surface area contributed by atoms with Gasteiger partial charge in [-0.1, -0.05) is 23.7 Å². The van der Waals surface area contributed by atoms with E-state index in [9.17, 15) is 4.79 Å². The Labute approximate surface area is 115 Å². The van der Waals surface area contributed by atoms with Gasteiger partial charge in [0.1, 0.15) is 10.8 Å². The molecule has 2 rings (SSSR count). The van der Waals surface area contributed by atoms with Crippen LogP contribution in [-0.2, 0) is 4.79 Å². The molecule has 0 aliphatic heterocycles. The van der Waals surface area contributed by atoms with Crippen molar-refractivity contribution in [2.75, 3.05) is 0 Å². The number of aromatic nitrogens is 4. The quantitative estimate of drug-likeness (QED) is 0.869. The van der Waals surface area contributed by atoms with Gasteiger partial charge < -0.3 is 5.11 Å². The van der Waals surface area contributed by atoms with Crippen LogP contribution in [0, 0.1) is 6.92 Å². The Kier molecular flexibility index (Phi) is 3.80. The van der Waals surface area contributed by atoms with Crippen molar-refractivity contribution in [3.63, 3.8) is 0 Å². The molecule has 0 spiro atoms. The number of nitrogens with zero attached hydrogens (tertiary/aromatic N) is 4. The number of halogens is 1. The van der Waals surface area contributed by atoms with Crippen LogP contribution in [0.4, 0.5) is 0 Å². The number of carboxylic acids is 1. The molecule has 1 N–H and O–H groups in total. The first kappa shape index (κ1) is 13.5. The SMILES string of the molecule is CCC(C(=O)O)n1cc(-c2ccc(Cl)nc2C)nn1. The minimum atomic E-state index is -0.926. The normalized spacial score (nSPS) is 12.4. The van der Waals surface area contributed by atoms with Gasteiger partial charge in [-0.05, 0) is 25.5 Å². The maximum atomic E-state index is 11.1. The van der Waals surface area contributed by atoms with Gasteiger partial charge >= 0.3 is 5.97 Å². The van der Waals surface area contributed by atoms with Crippen LogP contribution in [-0.4, -0.2) is 31.1 Å². The van der Waals surface area contributed by atoms with Crippen molar-refractivity contribution in [2.45, 2.75) is 26.3 Å². The van der Waals surface area contributed by atoms with Crippen molar-refractivity contribution in [3.8, 4) is 11.3 Å². The smallest absolute Gasteiger partial charge is 0.328 e. The van der Waals surface area contributed by atoms with E-state index in [0.717, 1.165) is 11.3 Å². The van der Waals surface area contributed by atoms with Crippen LogP contribution in [0.1, 0.15) is 25.1 Å². The molecule has 0 saturated carbocycles. The van der Waals surface area contributed by atoms with E-state index in [2.05, 4.69) is 15.3 Å². The van der Waals surface area contributed by atoms with Crippen molar-refractivity contribution in [1.29, 1.82) is 0 Å². The Hall–Kier alpha value is -1.95. The maximum absolute atomic E-state index is 11.1. The number of hydrogen-bond acceptors (Lipinski definition) is 4. The van der Waals surface area contributed by atoms with Gasteiger partial charge in [0.05, 0.1) is 6.20 Å². The number of carbonyl (C=O) groups is 1. The molecular weight excluding hydrogens is 268 g/mol. The molecule has 7 heteroatoms. The maximum Gasteiger partial charge on any atom is 0.328 e. The Bertz CT molecular complexity index is 612. The zero-order valence-corrected chi connectivity index (χ0v) is 11.3. The lowest BCUT2D eigenvalue weighted by atomic mass is 10.1. The van der Waals surface area contributed by atoms with E-state index in [1.165, 1.54) is 4.68 Å². The molecule has 0 radical (unpaired) electrons. The van der Waals surface area contributed by atoms with Crippen molar-refractivity contribution in [3.05, 3.63) is 29.2 Å². The highest BCUT2D eigenvalue weighted by molar-refractivity contribution is 6.29. The molecule has 0 aromatic carbocycles. The highest BCUT2D eigenvalue weighted by atomic mass is 35.5. The zero-order valence-electron chi connectivity index (χ0n) is 10.5. The molecule has 2 heterocycles. The molecular formula is C12H13ClN4O2. The Morgan fingerprint density at radius 2 is 2.26 bits per heavy atom. The second-order valence-electron chi connectivity index (χ2n) is 4.11. The largest absolute Gasteiger partial charge is 0.480 e. The first-order chi connectivity index (χ1) is 9.02. The standard InChI is InChI=1S/C12H13ClN4O2/c1-3-10(12(18)19)17-6-9(15-16-17)8-4-5-11(13)14-7(8)2/h4-6,10H,3H2,1-2H3,(H,18,19). The summed E-state index contributed by atoms with van der Waals surface area (Å²) in [5, 5.41) is 17.4. The number of aryl methyl sites for hydroxylation is 1. The van der Waals surface area contributed by atoms with Gasteiger partial charge in [-0.15, -0.1) is 5.10 Å². The predicted molar refractivity (Wildman–Crippen MR) is 70.0 cm³/mol. The minimum Gasteiger partial charge on any atom is -0.480 e. The number of carboxylic acid groups (broad SMARTS) is 1. The first-order valence-electron chi connectivity index (χ1n) is 5.81. The van der Waals surface area contributed by atoms with Gasteiger partial charge in [-0.25, -0.2) is 14.5 Å². The summed E-state index contributed by atoms with van der Waals surface area (Å²) in [5.74, 6) is -0.926. The number of aliphatic carboxylic acids is 1. The summed E-state index contributed by atoms with van der Waals surface area (Å²) < 4.78 is 1.35. The van der Waals surface area contributed by atoms with Gasteiger partial charge in [-0.3, -0.25) is 0 Å². The average molecular weight is 281 g/mol. The number of hydrogen-bond donors (Lipinski definition) is 1. The van der Waals surface area contributed by atoms with Gasteiger partial charge in [0.2, 0.25) is 0 Å². The Morgan fingerprint density at radius 3 is 2.84 bits per heavy atom. The highest BCUT2D eigenvalue weighted by Crippen LogP contribution is 2.22. The molecule has 0 saturated heterocycles. The third-order valence-corrected chi connectivity index (χ3v) is 3.04. The molecule has 2 aromatic heterocycles. The van der Waals surface area contributed by atoms with Crippen LogP contribution >= 0.6 is 11.6 Å². The monoisotopic (exact) mass is 280 g/mol. The fraction of sp³-hybridized carbons (Fsp3) is 0.333. The summed E-state index contributed by atoms with van der Waals surface area (Å²) >= 11 is 5.79. The van der Waals surface area contributed by atoms with Crippen LogP contribution in [0.2, 0.25) is 5.15 Å². The van der Waals surface area contributed by atoms with Crippen LogP contribution in [0.5, 0.6) is 0 Å². The van der Waals surface area contributed by atoms with Crippen molar-refractivity contribution >= 4 is 17.6 Å². The summed E-state index contributed by atoms with van der Waals surface area (Å²) in [6, 6.07) is 2.75. The summed E-state index contributed by atoms with van der Waals surface area (Å²) in [7, 11) is 0. The van der Waals surface area contributed by atoms with E-state index in [-0.39, 0.29) is 0 Å². The Balaban J connectivity index is 2.38. The summed E-state index contributed by atoms with van der Waals surface area (Å²) in [6.45, 7) is 3.60. The van der Waals surface area contributed by atoms with Gasteiger partial charge in [0, 0.05) is 11.3 Å². The molecule has 0 amide bonds. The van der Waals surface area contributed by atoms with E-state index in [0.29, 0.717) is 17.3 Å². The van der Waals surface area contributed by atoms with Crippen molar-refractivity contribution in [2.24, 2.45) is 0 Å². The van der Waals surface area contributed by atoms with Gasteiger partial charge in [-0.2, -0.15) is 0 Å². The molecule has 2 aromatic rings. The number of rotatable bonds is 4. The molecule has 0 aliphatic rings. The van der Waals surface area contributed by atoms with E-state index >= 15 is 0 Å². The lowest BCUT2D eigenvalue weighted by molar-refractivity contribution is -0.141. The molecule has 1 unspecified atom stereocenters. The molecule has 1 atom stereocenters. The predicted octanol–water partition coefficient (Wildman–Crippen LogP) is 2.34. The number of pyridine rings is 1. The fourth-order valence-corrected chi connectivity index (χ4v) is 2.02. The van der Waals surface area contributed by atoms with Crippen molar-refractivity contribution < 1.29 is 9.90 Å². The minimum absolute atomic E-state index is 0.408.